The summed E-state index contributed by atoms with van der Waals surface area (Å²) in [7, 11) is 0. The van der Waals surface area contributed by atoms with Gasteiger partial charge in [-0.05, 0) is 17.7 Å². The van der Waals surface area contributed by atoms with Gasteiger partial charge in [0.1, 0.15) is 11.6 Å². The Morgan fingerprint density at radius 2 is 1.86 bits per heavy atom. The van der Waals surface area contributed by atoms with Crippen LogP contribution in [0.5, 0.6) is 0 Å². The van der Waals surface area contributed by atoms with Gasteiger partial charge in [-0.15, -0.1) is 0 Å². The van der Waals surface area contributed by atoms with Crippen LogP contribution in [0.1, 0.15) is 15.9 Å². The molecule has 0 aliphatic heterocycles. The van der Waals surface area contributed by atoms with Crippen LogP contribution in [0.25, 0.3) is 6.08 Å². The van der Waals surface area contributed by atoms with Crippen molar-refractivity contribution in [3.63, 3.8) is 0 Å². The van der Waals surface area contributed by atoms with Gasteiger partial charge in [0, 0.05) is 0 Å². The predicted octanol–water partition coefficient (Wildman–Crippen LogP) is 1.78. The largest absolute Gasteiger partial charge is 0.392 e. The Bertz CT molecular complexity index is 349. The Kier molecular flexibility index (Phi) is 3.48. The van der Waals surface area contributed by atoms with Crippen molar-refractivity contribution >= 4 is 12.4 Å². The van der Waals surface area contributed by atoms with E-state index in [1.165, 1.54) is 12.2 Å². The third-order valence-electron chi connectivity index (χ3n) is 1.63. The molecule has 14 heavy (non-hydrogen) atoms. The van der Waals surface area contributed by atoms with Crippen LogP contribution in [-0.2, 0) is 0 Å². The van der Waals surface area contributed by atoms with Gasteiger partial charge in [-0.2, -0.15) is 0 Å². The molecule has 0 aliphatic carbocycles. The maximum atomic E-state index is 13.0. The van der Waals surface area contributed by atoms with Crippen LogP contribution < -0.4 is 0 Å². The summed E-state index contributed by atoms with van der Waals surface area (Å²) in [6, 6.07) is 2.05. The first-order chi connectivity index (χ1) is 6.69. The molecule has 0 fully saturated rings. The average molecular weight is 198 g/mol. The molecule has 0 radical (unpaired) electrons. The maximum Gasteiger partial charge on any atom is 0.155 e. The highest BCUT2D eigenvalue weighted by molar-refractivity contribution is 5.76. The van der Waals surface area contributed by atoms with Crippen molar-refractivity contribution < 1.29 is 18.7 Å². The van der Waals surface area contributed by atoms with E-state index in [1.807, 2.05) is 0 Å². The molecule has 2 nitrogen and oxygen atoms in total. The summed E-state index contributed by atoms with van der Waals surface area (Å²) in [4.78, 5) is 10.2. The minimum atomic E-state index is -0.905. The van der Waals surface area contributed by atoms with Crippen LogP contribution in [0.3, 0.4) is 0 Å². The Morgan fingerprint density at radius 3 is 2.29 bits per heavy atom. The number of halogens is 2. The molecule has 0 atom stereocenters. The molecule has 0 spiro atoms. The second-order valence-electron chi connectivity index (χ2n) is 2.60. The first-order valence-corrected chi connectivity index (χ1v) is 3.90. The predicted molar refractivity (Wildman–Crippen MR) is 47.9 cm³/mol. The lowest BCUT2D eigenvalue weighted by molar-refractivity contribution is 0.111. The summed E-state index contributed by atoms with van der Waals surface area (Å²) in [5.74, 6) is -1.81. The standard InChI is InChI=1S/C10H8F2O2/c11-9-4-7(2-1-3-13)5-10(12)8(9)6-14/h1-2,4-6,13H,3H2. The molecule has 1 rings (SSSR count). The van der Waals surface area contributed by atoms with Gasteiger partial charge in [-0.1, -0.05) is 12.2 Å². The van der Waals surface area contributed by atoms with Crippen molar-refractivity contribution in [3.8, 4) is 0 Å². The fourth-order valence-electron chi connectivity index (χ4n) is 1.00. The molecular weight excluding hydrogens is 190 g/mol. The topological polar surface area (TPSA) is 37.3 Å². The molecule has 0 bridgehead atoms. The van der Waals surface area contributed by atoms with Gasteiger partial charge < -0.3 is 5.11 Å². The molecular formula is C10H8F2O2. The monoisotopic (exact) mass is 198 g/mol. The summed E-state index contributed by atoms with van der Waals surface area (Å²) in [5, 5.41) is 8.44. The third-order valence-corrected chi connectivity index (χ3v) is 1.63. The quantitative estimate of drug-likeness (QED) is 0.751. The zero-order chi connectivity index (χ0) is 10.6. The summed E-state index contributed by atoms with van der Waals surface area (Å²) < 4.78 is 25.9. The molecule has 74 valence electrons. The second kappa shape index (κ2) is 4.62. The van der Waals surface area contributed by atoms with Crippen LogP contribution in [0, 0.1) is 11.6 Å². The van der Waals surface area contributed by atoms with E-state index in [9.17, 15) is 13.6 Å². The highest BCUT2D eigenvalue weighted by Crippen LogP contribution is 2.14. The van der Waals surface area contributed by atoms with Crippen LogP contribution in [0.4, 0.5) is 8.78 Å². The Balaban J connectivity index is 3.13. The fraction of sp³-hybridized carbons (Fsp3) is 0.100. The molecule has 1 aromatic rings. The smallest absolute Gasteiger partial charge is 0.155 e. The first-order valence-electron chi connectivity index (χ1n) is 3.90. The minimum Gasteiger partial charge on any atom is -0.392 e. The third kappa shape index (κ3) is 2.23. The van der Waals surface area contributed by atoms with Gasteiger partial charge in [0.05, 0.1) is 12.2 Å². The minimum absolute atomic E-state index is 0.129. The Labute approximate surface area is 79.5 Å². The van der Waals surface area contributed by atoms with Gasteiger partial charge >= 0.3 is 0 Å². The number of aliphatic hydroxyl groups excluding tert-OH is 1. The molecule has 0 amide bonds. The normalized spacial score (nSPS) is 10.8. The summed E-state index contributed by atoms with van der Waals surface area (Å²) in [5.41, 5.74) is -0.314. The van der Waals surface area contributed by atoms with E-state index < -0.39 is 17.2 Å². The SMILES string of the molecule is O=Cc1c(F)cc(C=CCO)cc1F. The van der Waals surface area contributed by atoms with Crippen LogP contribution in [-0.4, -0.2) is 18.0 Å². The maximum absolute atomic E-state index is 13.0. The molecule has 0 aliphatic rings. The van der Waals surface area contributed by atoms with E-state index in [2.05, 4.69) is 0 Å². The molecule has 0 heterocycles. The summed E-state index contributed by atoms with van der Waals surface area (Å²) in [6.07, 6.45) is 2.83. The van der Waals surface area contributed by atoms with E-state index in [4.69, 9.17) is 5.11 Å². The van der Waals surface area contributed by atoms with E-state index in [-0.39, 0.29) is 18.5 Å². The summed E-state index contributed by atoms with van der Waals surface area (Å²) >= 11 is 0. The van der Waals surface area contributed by atoms with Gasteiger partial charge in [-0.25, -0.2) is 8.78 Å². The highest BCUT2D eigenvalue weighted by Gasteiger charge is 2.08. The lowest BCUT2D eigenvalue weighted by atomic mass is 10.1. The number of hydrogen-bond acceptors (Lipinski definition) is 2. The Hall–Kier alpha value is -1.55. The fourth-order valence-corrected chi connectivity index (χ4v) is 1.00. The molecule has 1 aromatic carbocycles. The van der Waals surface area contributed by atoms with E-state index in [0.717, 1.165) is 12.1 Å². The first kappa shape index (κ1) is 10.5. The van der Waals surface area contributed by atoms with Crippen LogP contribution >= 0.6 is 0 Å². The number of aldehydes is 1. The van der Waals surface area contributed by atoms with Crippen molar-refractivity contribution in [2.24, 2.45) is 0 Å². The van der Waals surface area contributed by atoms with Crippen LogP contribution in [0.2, 0.25) is 0 Å². The summed E-state index contributed by atoms with van der Waals surface area (Å²) in [6.45, 7) is -0.210. The number of hydrogen-bond donors (Lipinski definition) is 1. The number of rotatable bonds is 3. The molecule has 4 heteroatoms. The van der Waals surface area contributed by atoms with Gasteiger partial charge in [-0.3, -0.25) is 4.79 Å². The zero-order valence-corrected chi connectivity index (χ0v) is 7.21. The van der Waals surface area contributed by atoms with E-state index >= 15 is 0 Å². The number of carbonyl (C=O) groups excluding carboxylic acids is 1. The molecule has 0 aromatic heterocycles. The van der Waals surface area contributed by atoms with Crippen molar-refractivity contribution in [2.45, 2.75) is 0 Å². The van der Waals surface area contributed by atoms with E-state index in [1.54, 1.807) is 0 Å². The number of aliphatic hydroxyl groups is 1. The van der Waals surface area contributed by atoms with Crippen molar-refractivity contribution in [1.29, 1.82) is 0 Å². The number of benzene rings is 1. The molecule has 0 saturated carbocycles. The van der Waals surface area contributed by atoms with Gasteiger partial charge in [0.15, 0.2) is 6.29 Å². The average Bonchev–Trinajstić information content (AvgIpc) is 2.14. The van der Waals surface area contributed by atoms with Crippen molar-refractivity contribution in [3.05, 3.63) is 41.0 Å². The zero-order valence-electron chi connectivity index (χ0n) is 7.21. The van der Waals surface area contributed by atoms with Crippen molar-refractivity contribution in [1.82, 2.24) is 0 Å². The molecule has 0 unspecified atom stereocenters. The molecule has 0 saturated heterocycles. The van der Waals surface area contributed by atoms with Gasteiger partial charge in [0.25, 0.3) is 0 Å². The molecule has 1 N–H and O–H groups in total. The lowest BCUT2D eigenvalue weighted by Crippen LogP contribution is -1.94. The second-order valence-corrected chi connectivity index (χ2v) is 2.60. The van der Waals surface area contributed by atoms with Crippen LogP contribution in [0.15, 0.2) is 18.2 Å². The van der Waals surface area contributed by atoms with E-state index in [0.29, 0.717) is 0 Å². The highest BCUT2D eigenvalue weighted by atomic mass is 19.1. The van der Waals surface area contributed by atoms with Gasteiger partial charge in [0.2, 0.25) is 0 Å². The lowest BCUT2D eigenvalue weighted by Gasteiger charge is -1.99. The van der Waals surface area contributed by atoms with Crippen molar-refractivity contribution in [2.75, 3.05) is 6.61 Å². The number of carbonyl (C=O) groups is 1. The Morgan fingerprint density at radius 1 is 1.29 bits per heavy atom.